The standard InChI is InChI=1S/C39H55NO4S2/c1-35-20-24-13-16-37(36(35,2)32(24)33-29(42)19-31(44-3)39(33,35)43)21-25-17-23-9-7-10-26(18-23)40-34-28(41)11-8-12-30(34)45-46-38(27(25)22-37)14-5-4-6-15-38/h7,9-10,18,24-25,27-28,30-34,40-41,43H,4-6,8,11-17,19-22H2,1-3H3. The maximum absolute atomic E-state index is 13.8. The second-order valence-corrected chi connectivity index (χ2v) is 20.6. The monoisotopic (exact) mass is 665 g/mol. The number of ketones is 1. The van der Waals surface area contributed by atoms with Crippen molar-refractivity contribution in [1.29, 1.82) is 0 Å². The maximum atomic E-state index is 13.8. The SMILES string of the molecule is COC1CC(=O)C2C3C4CCC5(CC6Cc7cccc(c7)NC7C(O)CCCC7SSC7(CCCCC7)C6C5)C3(C)C(C)(C4)C12O. The van der Waals surface area contributed by atoms with Crippen molar-refractivity contribution in [3.05, 3.63) is 29.8 Å². The quantitative estimate of drug-likeness (QED) is 0.264. The van der Waals surface area contributed by atoms with Gasteiger partial charge in [-0.25, -0.2) is 0 Å². The van der Waals surface area contributed by atoms with Crippen molar-refractivity contribution >= 4 is 33.1 Å². The number of carbonyl (C=O) groups excluding carboxylic acids is 1. The molecule has 1 aromatic rings. The van der Waals surface area contributed by atoms with Crippen molar-refractivity contribution in [2.24, 2.45) is 45.8 Å². The molecular weight excluding hydrogens is 611 g/mol. The molecule has 0 aromatic heterocycles. The van der Waals surface area contributed by atoms with Crippen molar-refractivity contribution in [2.75, 3.05) is 12.4 Å². The summed E-state index contributed by atoms with van der Waals surface area (Å²) in [6.07, 6.45) is 16.5. The molecule has 7 aliphatic carbocycles. The van der Waals surface area contributed by atoms with Gasteiger partial charge in [0.1, 0.15) is 11.4 Å². The van der Waals surface area contributed by atoms with E-state index in [1.807, 2.05) is 0 Å². The third kappa shape index (κ3) is 3.87. The molecule has 9 rings (SSSR count). The molecule has 7 fully saturated rings. The van der Waals surface area contributed by atoms with Crippen LogP contribution in [0.3, 0.4) is 0 Å². The number of aliphatic hydroxyl groups is 2. The minimum atomic E-state index is -1.05. The molecule has 46 heavy (non-hydrogen) atoms. The fourth-order valence-corrected chi connectivity index (χ4v) is 18.8. The summed E-state index contributed by atoms with van der Waals surface area (Å²) >= 11 is 0. The molecule has 5 nitrogen and oxygen atoms in total. The van der Waals surface area contributed by atoms with Crippen LogP contribution < -0.4 is 5.32 Å². The number of hydrogen-bond acceptors (Lipinski definition) is 7. The van der Waals surface area contributed by atoms with Crippen molar-refractivity contribution in [2.45, 2.75) is 144 Å². The molecule has 13 atom stereocenters. The molecule has 1 aromatic carbocycles. The Morgan fingerprint density at radius 3 is 2.59 bits per heavy atom. The molecule has 2 spiro atoms. The van der Waals surface area contributed by atoms with E-state index in [1.54, 1.807) is 7.11 Å². The maximum Gasteiger partial charge on any atom is 0.141 e. The minimum Gasteiger partial charge on any atom is -0.391 e. The van der Waals surface area contributed by atoms with Crippen molar-refractivity contribution in [3.8, 4) is 0 Å². The first-order valence-electron chi connectivity index (χ1n) is 18.8. The summed E-state index contributed by atoms with van der Waals surface area (Å²) in [7, 11) is 6.07. The van der Waals surface area contributed by atoms with Crippen LogP contribution in [0.5, 0.6) is 0 Å². The Balaban J connectivity index is 1.16. The number of aliphatic hydroxyl groups excluding tert-OH is 1. The number of benzene rings is 1. The van der Waals surface area contributed by atoms with Crippen LogP contribution in [-0.2, 0) is 16.0 Å². The van der Waals surface area contributed by atoms with Gasteiger partial charge in [-0.1, -0.05) is 66.8 Å². The summed E-state index contributed by atoms with van der Waals surface area (Å²) in [6, 6.07) is 9.24. The summed E-state index contributed by atoms with van der Waals surface area (Å²) in [5.41, 5.74) is 1.26. The van der Waals surface area contributed by atoms with Gasteiger partial charge in [-0.3, -0.25) is 4.79 Å². The van der Waals surface area contributed by atoms with E-state index in [9.17, 15) is 15.0 Å². The van der Waals surface area contributed by atoms with Crippen LogP contribution in [0.1, 0.15) is 109 Å². The summed E-state index contributed by atoms with van der Waals surface area (Å²) in [5, 5.41) is 28.3. The second-order valence-electron chi connectivity index (χ2n) is 17.7. The van der Waals surface area contributed by atoms with Gasteiger partial charge in [0.05, 0.1) is 24.2 Å². The zero-order valence-corrected chi connectivity index (χ0v) is 29.8. The number of methoxy groups -OCH3 is 1. The lowest BCUT2D eigenvalue weighted by Gasteiger charge is -2.57. The van der Waals surface area contributed by atoms with Gasteiger partial charge >= 0.3 is 0 Å². The number of rotatable bonds is 1. The van der Waals surface area contributed by atoms with E-state index in [1.165, 1.54) is 63.4 Å². The van der Waals surface area contributed by atoms with E-state index in [4.69, 9.17) is 4.74 Å². The number of anilines is 1. The topological polar surface area (TPSA) is 78.8 Å². The van der Waals surface area contributed by atoms with Gasteiger partial charge in [-0.2, -0.15) is 0 Å². The van der Waals surface area contributed by atoms with Crippen LogP contribution in [0.2, 0.25) is 0 Å². The van der Waals surface area contributed by atoms with E-state index in [0.717, 1.165) is 37.8 Å². The predicted molar refractivity (Wildman–Crippen MR) is 187 cm³/mol. The second kappa shape index (κ2) is 10.6. The lowest BCUT2D eigenvalue weighted by molar-refractivity contribution is -0.186. The van der Waals surface area contributed by atoms with Crippen molar-refractivity contribution < 1.29 is 19.7 Å². The van der Waals surface area contributed by atoms with Gasteiger partial charge in [-0.05, 0) is 123 Å². The molecule has 7 heteroatoms. The summed E-state index contributed by atoms with van der Waals surface area (Å²) in [4.78, 5) is 13.8. The zero-order chi connectivity index (χ0) is 31.7. The van der Waals surface area contributed by atoms with Crippen LogP contribution in [0.4, 0.5) is 5.69 Å². The third-order valence-corrected chi connectivity index (χ3v) is 20.4. The number of ether oxygens (including phenoxy) is 1. The fourth-order valence-electron chi connectivity index (χ4n) is 14.5. The molecule has 6 bridgehead atoms. The molecule has 8 aliphatic rings. The fraction of sp³-hybridized carbons (Fsp3) is 0.821. The highest BCUT2D eigenvalue weighted by atomic mass is 33.1. The lowest BCUT2D eigenvalue weighted by atomic mass is 9.48. The Kier molecular flexibility index (Phi) is 7.23. The molecule has 7 saturated carbocycles. The molecule has 13 unspecified atom stereocenters. The number of carbonyl (C=O) groups is 1. The molecular formula is C39H55NO4S2. The number of Topliss-reactive ketones (excluding diaryl/α,β-unsaturated/α-hetero) is 1. The molecule has 1 heterocycles. The van der Waals surface area contributed by atoms with E-state index < -0.39 is 5.60 Å². The number of nitrogens with one attached hydrogen (secondary N) is 1. The van der Waals surface area contributed by atoms with Crippen LogP contribution in [0.15, 0.2) is 24.3 Å². The Morgan fingerprint density at radius 2 is 1.78 bits per heavy atom. The minimum absolute atomic E-state index is 0.0776. The van der Waals surface area contributed by atoms with Gasteiger partial charge < -0.3 is 20.3 Å². The molecule has 252 valence electrons. The molecule has 0 radical (unpaired) electrons. The Hall–Kier alpha value is -0.730. The predicted octanol–water partition coefficient (Wildman–Crippen LogP) is 7.82. The molecule has 1 aliphatic heterocycles. The average molecular weight is 666 g/mol. The molecule has 0 saturated heterocycles. The highest BCUT2D eigenvalue weighted by Crippen LogP contribution is 2.86. The number of fused-ring (bicyclic) bond motifs is 7. The summed E-state index contributed by atoms with van der Waals surface area (Å²) in [5.74, 6) is 2.03. The van der Waals surface area contributed by atoms with Crippen LogP contribution in [0, 0.1) is 45.8 Å². The normalized spacial score (nSPS) is 52.0. The Morgan fingerprint density at radius 1 is 0.957 bits per heavy atom. The van der Waals surface area contributed by atoms with Gasteiger partial charge in [0, 0.05) is 34.6 Å². The lowest BCUT2D eigenvalue weighted by Crippen LogP contribution is -2.58. The van der Waals surface area contributed by atoms with Gasteiger partial charge in [0.2, 0.25) is 0 Å². The smallest absolute Gasteiger partial charge is 0.141 e. The number of hydrogen-bond donors (Lipinski definition) is 3. The molecule has 3 N–H and O–H groups in total. The van der Waals surface area contributed by atoms with E-state index in [-0.39, 0.29) is 56.9 Å². The third-order valence-electron chi connectivity index (χ3n) is 16.4. The highest BCUT2D eigenvalue weighted by Gasteiger charge is 2.87. The zero-order valence-electron chi connectivity index (χ0n) is 28.1. The summed E-state index contributed by atoms with van der Waals surface area (Å²) in [6.45, 7) is 4.96. The average Bonchev–Trinajstić information content (AvgIpc) is 3.65. The van der Waals surface area contributed by atoms with Crippen LogP contribution >= 0.6 is 21.6 Å². The first-order chi connectivity index (χ1) is 22.1. The highest BCUT2D eigenvalue weighted by molar-refractivity contribution is 8.77. The molecule has 0 amide bonds. The van der Waals surface area contributed by atoms with Crippen molar-refractivity contribution in [3.63, 3.8) is 0 Å². The van der Waals surface area contributed by atoms with E-state index in [0.29, 0.717) is 29.4 Å². The Labute approximate surface area is 283 Å². The largest absolute Gasteiger partial charge is 0.391 e. The van der Waals surface area contributed by atoms with Gasteiger partial charge in [0.15, 0.2) is 0 Å². The van der Waals surface area contributed by atoms with Crippen LogP contribution in [-0.4, -0.2) is 57.0 Å². The van der Waals surface area contributed by atoms with Gasteiger partial charge in [-0.15, -0.1) is 0 Å². The van der Waals surface area contributed by atoms with Crippen molar-refractivity contribution in [1.82, 2.24) is 0 Å². The van der Waals surface area contributed by atoms with E-state index in [2.05, 4.69) is 65.0 Å². The first kappa shape index (κ1) is 31.3. The van der Waals surface area contributed by atoms with E-state index >= 15 is 0 Å². The first-order valence-corrected chi connectivity index (χ1v) is 21.0. The Bertz CT molecular complexity index is 1400. The van der Waals surface area contributed by atoms with Gasteiger partial charge in [0.25, 0.3) is 0 Å². The summed E-state index contributed by atoms with van der Waals surface area (Å²) < 4.78 is 6.25. The van der Waals surface area contributed by atoms with Crippen LogP contribution in [0.25, 0.3) is 0 Å².